The first kappa shape index (κ1) is 17.5. The van der Waals surface area contributed by atoms with Crippen LogP contribution in [0.15, 0.2) is 42.5 Å². The van der Waals surface area contributed by atoms with Gasteiger partial charge in [-0.15, -0.1) is 6.42 Å². The zero-order chi connectivity index (χ0) is 18.5. The predicted octanol–water partition coefficient (Wildman–Crippen LogP) is 2.34. The van der Waals surface area contributed by atoms with Crippen LogP contribution in [-0.2, 0) is 0 Å². The molecule has 0 bridgehead atoms. The van der Waals surface area contributed by atoms with E-state index < -0.39 is 0 Å². The third kappa shape index (κ3) is 3.66. The Morgan fingerprint density at radius 3 is 2.77 bits per heavy atom. The summed E-state index contributed by atoms with van der Waals surface area (Å²) in [6.45, 7) is 0.114. The maximum absolute atomic E-state index is 12.7. The van der Waals surface area contributed by atoms with Gasteiger partial charge in [-0.2, -0.15) is 5.32 Å². The van der Waals surface area contributed by atoms with E-state index in [-0.39, 0.29) is 23.9 Å². The number of rotatable bonds is 5. The van der Waals surface area contributed by atoms with Gasteiger partial charge in [-0.05, 0) is 41.7 Å². The van der Waals surface area contributed by atoms with Crippen LogP contribution < -0.4 is 20.4 Å². The standard InChI is InChI=1S/C19H15N3O3S/c1-3-10-20-17(23)12-8-9-15(25-2)13(11-12)18(24)22-19-21-14-6-4-5-7-16(14)26-19/h1,4-9,11H,10H2,2H3,(H,20,23)(H,21,22,24)/p+1. The number of carbonyl (C=O) groups is 2. The largest absolute Gasteiger partial charge is 0.496 e. The van der Waals surface area contributed by atoms with Crippen molar-refractivity contribution in [1.82, 2.24) is 5.32 Å². The molecule has 0 spiro atoms. The van der Waals surface area contributed by atoms with Crippen molar-refractivity contribution in [2.24, 2.45) is 0 Å². The van der Waals surface area contributed by atoms with Crippen LogP contribution in [0.25, 0.3) is 10.2 Å². The zero-order valence-corrected chi connectivity index (χ0v) is 14.8. The van der Waals surface area contributed by atoms with Gasteiger partial charge in [0.25, 0.3) is 5.91 Å². The number of para-hydroxylation sites is 1. The molecule has 0 saturated heterocycles. The summed E-state index contributed by atoms with van der Waals surface area (Å²) in [6.07, 6.45) is 5.15. The highest BCUT2D eigenvalue weighted by Crippen LogP contribution is 2.24. The van der Waals surface area contributed by atoms with Crippen LogP contribution in [0.3, 0.4) is 0 Å². The number of fused-ring (bicyclic) bond motifs is 1. The van der Waals surface area contributed by atoms with Crippen LogP contribution in [0, 0.1) is 12.3 Å². The van der Waals surface area contributed by atoms with Gasteiger partial charge in [-0.1, -0.05) is 18.1 Å². The second-order valence-corrected chi connectivity index (χ2v) is 6.36. The van der Waals surface area contributed by atoms with Crippen molar-refractivity contribution in [2.45, 2.75) is 0 Å². The van der Waals surface area contributed by atoms with Gasteiger partial charge < -0.3 is 10.1 Å². The fraction of sp³-hybridized carbons (Fsp3) is 0.105. The van der Waals surface area contributed by atoms with Crippen LogP contribution >= 0.6 is 11.3 Å². The smallest absolute Gasteiger partial charge is 0.343 e. The molecule has 0 radical (unpaired) electrons. The lowest BCUT2D eigenvalue weighted by atomic mass is 10.1. The molecule has 3 aromatic rings. The number of aromatic nitrogens is 1. The highest BCUT2D eigenvalue weighted by atomic mass is 32.1. The lowest BCUT2D eigenvalue weighted by molar-refractivity contribution is -0.321. The quantitative estimate of drug-likeness (QED) is 0.680. The van der Waals surface area contributed by atoms with Gasteiger partial charge in [-0.25, -0.2) is 9.78 Å². The van der Waals surface area contributed by atoms with Gasteiger partial charge in [-0.3, -0.25) is 4.79 Å². The fourth-order valence-corrected chi connectivity index (χ4v) is 3.30. The molecule has 26 heavy (non-hydrogen) atoms. The van der Waals surface area contributed by atoms with Gasteiger partial charge >= 0.3 is 11.0 Å². The minimum atomic E-state index is -0.378. The zero-order valence-electron chi connectivity index (χ0n) is 14.0. The maximum Gasteiger partial charge on any atom is 0.343 e. The summed E-state index contributed by atoms with van der Waals surface area (Å²) in [7, 11) is 1.47. The van der Waals surface area contributed by atoms with Crippen LogP contribution in [-0.4, -0.2) is 25.5 Å². The third-order valence-electron chi connectivity index (χ3n) is 3.63. The Bertz CT molecular complexity index is 987. The highest BCUT2D eigenvalue weighted by Gasteiger charge is 2.21. The van der Waals surface area contributed by atoms with E-state index in [2.05, 4.69) is 21.5 Å². The average Bonchev–Trinajstić information content (AvgIpc) is 3.07. The summed E-state index contributed by atoms with van der Waals surface area (Å²) in [6, 6.07) is 12.4. The normalized spacial score (nSPS) is 10.2. The number of ether oxygens (including phenoxy) is 1. The molecule has 0 unspecified atom stereocenters. The number of terminal acetylenes is 1. The number of aromatic amines is 1. The molecule has 0 saturated carbocycles. The first-order chi connectivity index (χ1) is 12.6. The van der Waals surface area contributed by atoms with Gasteiger partial charge in [0.2, 0.25) is 0 Å². The number of thiazole rings is 1. The Hall–Kier alpha value is -3.37. The SMILES string of the molecule is C#CCNC(=O)c1ccc(OC)c(C(=O)Nc2[nH+]c3ccccc3s2)c1. The van der Waals surface area contributed by atoms with Crippen LogP contribution in [0.4, 0.5) is 5.13 Å². The topological polar surface area (TPSA) is 81.6 Å². The fourth-order valence-electron chi connectivity index (χ4n) is 2.40. The Morgan fingerprint density at radius 2 is 2.04 bits per heavy atom. The summed E-state index contributed by atoms with van der Waals surface area (Å²) >= 11 is 1.43. The molecule has 0 fully saturated rings. The number of amides is 2. The number of carbonyl (C=O) groups excluding carboxylic acids is 2. The van der Waals surface area contributed by atoms with E-state index in [1.165, 1.54) is 24.5 Å². The number of hydrogen-bond acceptors (Lipinski definition) is 4. The maximum atomic E-state index is 12.7. The predicted molar refractivity (Wildman–Crippen MR) is 100 cm³/mol. The molecule has 1 aromatic heterocycles. The molecule has 2 amide bonds. The van der Waals surface area contributed by atoms with E-state index in [0.717, 1.165) is 10.2 Å². The number of benzene rings is 2. The molecule has 2 aromatic carbocycles. The first-order valence-electron chi connectivity index (χ1n) is 7.74. The van der Waals surface area contributed by atoms with Crippen LogP contribution in [0.1, 0.15) is 20.7 Å². The molecular weight excluding hydrogens is 350 g/mol. The van der Waals surface area contributed by atoms with Gasteiger partial charge in [0, 0.05) is 5.56 Å². The third-order valence-corrected chi connectivity index (χ3v) is 4.62. The van der Waals surface area contributed by atoms with Gasteiger partial charge in [0.05, 0.1) is 18.4 Å². The highest BCUT2D eigenvalue weighted by molar-refractivity contribution is 7.21. The molecule has 130 valence electrons. The number of methoxy groups -OCH3 is 1. The number of hydrogen-bond donors (Lipinski definition) is 2. The van der Waals surface area contributed by atoms with Gasteiger partial charge in [0.15, 0.2) is 0 Å². The first-order valence-corrected chi connectivity index (χ1v) is 8.56. The summed E-state index contributed by atoms with van der Waals surface area (Å²) in [5, 5.41) is 5.98. The Labute approximate surface area is 154 Å². The van der Waals surface area contributed by atoms with E-state index in [1.54, 1.807) is 12.1 Å². The van der Waals surface area contributed by atoms with E-state index in [0.29, 0.717) is 16.4 Å². The number of anilines is 1. The lowest BCUT2D eigenvalue weighted by Crippen LogP contribution is -2.24. The Kier molecular flexibility index (Phi) is 5.15. The van der Waals surface area contributed by atoms with Crippen LogP contribution in [0.2, 0.25) is 0 Å². The Morgan fingerprint density at radius 1 is 1.23 bits per heavy atom. The van der Waals surface area contributed by atoms with E-state index >= 15 is 0 Å². The Balaban J connectivity index is 1.87. The lowest BCUT2D eigenvalue weighted by Gasteiger charge is -2.08. The summed E-state index contributed by atoms with van der Waals surface area (Å²) in [5.74, 6) is 1.98. The summed E-state index contributed by atoms with van der Waals surface area (Å²) in [5.41, 5.74) is 1.51. The van der Waals surface area contributed by atoms with Crippen molar-refractivity contribution >= 4 is 38.5 Å². The minimum Gasteiger partial charge on any atom is -0.496 e. The van der Waals surface area contributed by atoms with Crippen molar-refractivity contribution in [3.05, 3.63) is 53.6 Å². The van der Waals surface area contributed by atoms with Crippen molar-refractivity contribution in [2.75, 3.05) is 19.0 Å². The molecule has 1 heterocycles. The monoisotopic (exact) mass is 366 g/mol. The van der Waals surface area contributed by atoms with Crippen LogP contribution in [0.5, 0.6) is 5.75 Å². The van der Waals surface area contributed by atoms with Crippen molar-refractivity contribution in [1.29, 1.82) is 0 Å². The molecule has 6 nitrogen and oxygen atoms in total. The molecule has 0 aliphatic rings. The van der Waals surface area contributed by atoms with Crippen molar-refractivity contribution in [3.63, 3.8) is 0 Å². The molecular formula is C19H16N3O3S+. The van der Waals surface area contributed by atoms with E-state index in [9.17, 15) is 9.59 Å². The second kappa shape index (κ2) is 7.68. The minimum absolute atomic E-state index is 0.114. The molecule has 0 atom stereocenters. The van der Waals surface area contributed by atoms with Crippen molar-refractivity contribution in [3.8, 4) is 18.1 Å². The summed E-state index contributed by atoms with van der Waals surface area (Å²) in [4.78, 5) is 27.9. The molecule has 3 N–H and O–H groups in total. The molecule has 0 aliphatic heterocycles. The van der Waals surface area contributed by atoms with Gasteiger partial charge in [0.1, 0.15) is 16.8 Å². The average molecular weight is 366 g/mol. The van der Waals surface area contributed by atoms with Crippen molar-refractivity contribution < 1.29 is 19.3 Å². The number of H-pyrrole nitrogens is 1. The second-order valence-electron chi connectivity index (χ2n) is 5.31. The molecule has 7 heteroatoms. The van der Waals surface area contributed by atoms with E-state index in [4.69, 9.17) is 11.2 Å². The summed E-state index contributed by atoms with van der Waals surface area (Å²) < 4.78 is 6.27. The number of nitrogens with one attached hydrogen (secondary N) is 3. The van der Waals surface area contributed by atoms with E-state index in [1.807, 2.05) is 24.3 Å². The molecule has 0 aliphatic carbocycles. The molecule has 3 rings (SSSR count).